The van der Waals surface area contributed by atoms with Gasteiger partial charge in [0.2, 0.25) is 0 Å². The number of rotatable bonds is 4. The van der Waals surface area contributed by atoms with Crippen LogP contribution in [0.3, 0.4) is 0 Å². The Morgan fingerprint density at radius 1 is 1.30 bits per heavy atom. The Kier molecular flexibility index (Phi) is 3.30. The van der Waals surface area contributed by atoms with Gasteiger partial charge in [-0.1, -0.05) is 6.92 Å². The van der Waals surface area contributed by atoms with E-state index < -0.39 is 16.0 Å². The van der Waals surface area contributed by atoms with Crippen molar-refractivity contribution < 1.29 is 9.85 Å². The number of nitro groups is 2. The monoisotopic (exact) mass is 147 g/mol. The second-order valence-electron chi connectivity index (χ2n) is 1.69. The van der Waals surface area contributed by atoms with Crippen LogP contribution in [-0.2, 0) is 0 Å². The van der Waals surface area contributed by atoms with Gasteiger partial charge in [0.1, 0.15) is 0 Å². The molecule has 0 N–H and O–H groups in total. The number of hydrogen-bond donors (Lipinski definition) is 0. The third-order valence-electron chi connectivity index (χ3n) is 0.949. The van der Waals surface area contributed by atoms with Gasteiger partial charge in [-0.3, -0.25) is 20.2 Å². The molecule has 0 aliphatic rings. The average molecular weight is 147 g/mol. The summed E-state index contributed by atoms with van der Waals surface area (Å²) in [5.41, 5.74) is 0. The van der Waals surface area contributed by atoms with Gasteiger partial charge >= 0.3 is 6.17 Å². The Morgan fingerprint density at radius 2 is 1.70 bits per heavy atom. The highest BCUT2D eigenvalue weighted by molar-refractivity contribution is 4.44. The molecule has 0 saturated carbocycles. The van der Waals surface area contributed by atoms with E-state index >= 15 is 0 Å². The lowest BCUT2D eigenvalue weighted by Crippen LogP contribution is -2.28. The van der Waals surface area contributed by atoms with Gasteiger partial charge in [0, 0.05) is 0 Å². The van der Waals surface area contributed by atoms with E-state index in [-0.39, 0.29) is 12.8 Å². The van der Waals surface area contributed by atoms with Crippen molar-refractivity contribution in [2.75, 3.05) is 0 Å². The van der Waals surface area contributed by atoms with Crippen molar-refractivity contribution in [3.05, 3.63) is 27.2 Å². The van der Waals surface area contributed by atoms with Crippen molar-refractivity contribution in [2.24, 2.45) is 0 Å². The van der Waals surface area contributed by atoms with E-state index in [1.165, 1.54) is 0 Å². The molecule has 0 aromatic rings. The predicted octanol–water partition coefficient (Wildman–Crippen LogP) is 0.480. The summed E-state index contributed by atoms with van der Waals surface area (Å²) in [6.07, 6.45) is -1.59. The number of hydrogen-bond acceptors (Lipinski definition) is 4. The molecule has 0 spiro atoms. The maximum atomic E-state index is 9.87. The summed E-state index contributed by atoms with van der Waals surface area (Å²) < 4.78 is 0. The predicted molar refractivity (Wildman–Crippen MR) is 32.4 cm³/mol. The van der Waals surface area contributed by atoms with E-state index in [4.69, 9.17) is 0 Å². The summed E-state index contributed by atoms with van der Waals surface area (Å²) in [6, 6.07) is 0. The maximum Gasteiger partial charge on any atom is 0.450 e. The van der Waals surface area contributed by atoms with E-state index in [9.17, 15) is 20.2 Å². The van der Waals surface area contributed by atoms with Crippen molar-refractivity contribution in [2.45, 2.75) is 19.0 Å². The van der Waals surface area contributed by atoms with Gasteiger partial charge in [0.05, 0.1) is 16.3 Å². The molecule has 0 saturated heterocycles. The van der Waals surface area contributed by atoms with E-state index in [2.05, 4.69) is 6.92 Å². The quantitative estimate of drug-likeness (QED) is 0.328. The Morgan fingerprint density at radius 3 is 1.80 bits per heavy atom. The molecule has 0 fully saturated rings. The van der Waals surface area contributed by atoms with E-state index in [0.29, 0.717) is 0 Å². The minimum Gasteiger partial charge on any atom is -0.259 e. The van der Waals surface area contributed by atoms with Crippen LogP contribution < -0.4 is 0 Å². The molecule has 10 heavy (non-hydrogen) atoms. The fourth-order valence-electron chi connectivity index (χ4n) is 0.470. The molecule has 0 aromatic heterocycles. The third-order valence-corrected chi connectivity index (χ3v) is 0.949. The van der Waals surface area contributed by atoms with Crippen molar-refractivity contribution in [1.82, 2.24) is 0 Å². The topological polar surface area (TPSA) is 86.3 Å². The lowest BCUT2D eigenvalue weighted by atomic mass is 10.3. The molecule has 0 aromatic carbocycles. The molecule has 0 heterocycles. The molecule has 6 heteroatoms. The van der Waals surface area contributed by atoms with E-state index in [1.54, 1.807) is 0 Å². The first-order valence-corrected chi connectivity index (χ1v) is 2.65. The standard InChI is InChI=1S/C4H7N2O4/c1-2-3-4(5(7)8)6(9)10/h4H,1-3H2. The van der Waals surface area contributed by atoms with Crippen LogP contribution in [0.5, 0.6) is 0 Å². The zero-order valence-electron chi connectivity index (χ0n) is 5.23. The van der Waals surface area contributed by atoms with E-state index in [1.807, 2.05) is 0 Å². The van der Waals surface area contributed by atoms with Crippen LogP contribution in [0, 0.1) is 27.2 Å². The molecular weight excluding hydrogens is 140 g/mol. The molecule has 0 atom stereocenters. The molecule has 0 aliphatic carbocycles. The Bertz CT molecular complexity index is 132. The molecule has 57 valence electrons. The molecule has 0 unspecified atom stereocenters. The Balaban J connectivity index is 3.98. The summed E-state index contributed by atoms with van der Waals surface area (Å²) in [6.45, 7) is 3.28. The molecule has 1 radical (unpaired) electrons. The summed E-state index contributed by atoms with van der Waals surface area (Å²) in [4.78, 5) is 17.9. The van der Waals surface area contributed by atoms with Crippen molar-refractivity contribution >= 4 is 0 Å². The van der Waals surface area contributed by atoms with Gasteiger partial charge in [-0.05, 0) is 6.42 Å². The highest BCUT2D eigenvalue weighted by Gasteiger charge is 2.29. The van der Waals surface area contributed by atoms with Gasteiger partial charge < -0.3 is 0 Å². The van der Waals surface area contributed by atoms with Gasteiger partial charge in [-0.2, -0.15) is 0 Å². The number of nitrogens with zero attached hydrogens (tertiary/aromatic N) is 2. The first-order valence-electron chi connectivity index (χ1n) is 2.65. The maximum absolute atomic E-state index is 9.87. The SMILES string of the molecule is [CH2]CCC([N+](=O)[O-])[N+](=O)[O-]. The van der Waals surface area contributed by atoms with Crippen LogP contribution in [0.1, 0.15) is 12.8 Å². The minimum absolute atomic E-state index is 0.111. The zero-order chi connectivity index (χ0) is 8.15. The molecule has 0 amide bonds. The van der Waals surface area contributed by atoms with Crippen LogP contribution in [0.4, 0.5) is 0 Å². The summed E-state index contributed by atoms with van der Waals surface area (Å²) in [7, 11) is 0. The minimum atomic E-state index is -1.68. The average Bonchev–Trinajstić information content (AvgIpc) is 1.81. The highest BCUT2D eigenvalue weighted by Crippen LogP contribution is 2.00. The first kappa shape index (κ1) is 8.80. The van der Waals surface area contributed by atoms with Crippen LogP contribution >= 0.6 is 0 Å². The fourth-order valence-corrected chi connectivity index (χ4v) is 0.470. The van der Waals surface area contributed by atoms with Gasteiger partial charge in [-0.25, -0.2) is 0 Å². The second-order valence-corrected chi connectivity index (χ2v) is 1.69. The summed E-state index contributed by atoms with van der Waals surface area (Å²) >= 11 is 0. The van der Waals surface area contributed by atoms with Crippen LogP contribution in [0.2, 0.25) is 0 Å². The van der Waals surface area contributed by atoms with E-state index in [0.717, 1.165) is 0 Å². The Labute approximate surface area is 57.1 Å². The molecule has 6 nitrogen and oxygen atoms in total. The lowest BCUT2D eigenvalue weighted by Gasteiger charge is -1.97. The van der Waals surface area contributed by atoms with Crippen molar-refractivity contribution in [1.29, 1.82) is 0 Å². The first-order chi connectivity index (χ1) is 4.59. The summed E-state index contributed by atoms with van der Waals surface area (Å²) in [5.74, 6) is 0. The summed E-state index contributed by atoms with van der Waals surface area (Å²) in [5, 5.41) is 19.7. The largest absolute Gasteiger partial charge is 0.450 e. The normalized spacial score (nSPS) is 9.80. The van der Waals surface area contributed by atoms with Crippen molar-refractivity contribution in [3.63, 3.8) is 0 Å². The molecule has 0 bridgehead atoms. The Hall–Kier alpha value is -1.20. The van der Waals surface area contributed by atoms with Crippen LogP contribution in [-0.4, -0.2) is 16.0 Å². The van der Waals surface area contributed by atoms with Gasteiger partial charge in [0.25, 0.3) is 0 Å². The highest BCUT2D eigenvalue weighted by atomic mass is 16.7. The van der Waals surface area contributed by atoms with Gasteiger partial charge in [0.15, 0.2) is 0 Å². The lowest BCUT2D eigenvalue weighted by molar-refractivity contribution is -0.742. The third kappa shape index (κ3) is 2.38. The second kappa shape index (κ2) is 3.76. The van der Waals surface area contributed by atoms with Crippen molar-refractivity contribution in [3.8, 4) is 0 Å². The molecular formula is C4H7N2O4. The zero-order valence-corrected chi connectivity index (χ0v) is 5.23. The molecule has 0 aliphatic heterocycles. The van der Waals surface area contributed by atoms with Crippen LogP contribution in [0.15, 0.2) is 0 Å². The van der Waals surface area contributed by atoms with Crippen LogP contribution in [0.25, 0.3) is 0 Å². The van der Waals surface area contributed by atoms with Gasteiger partial charge in [-0.15, -0.1) is 0 Å². The molecule has 0 rings (SSSR count). The fraction of sp³-hybridized carbons (Fsp3) is 0.750. The smallest absolute Gasteiger partial charge is 0.259 e.